The van der Waals surface area contributed by atoms with Gasteiger partial charge in [0.05, 0.1) is 5.75 Å². The lowest BCUT2D eigenvalue weighted by Crippen LogP contribution is -2.04. The fourth-order valence-electron chi connectivity index (χ4n) is 2.30. The summed E-state index contributed by atoms with van der Waals surface area (Å²) in [5.41, 5.74) is 0. The molecule has 0 aliphatic heterocycles. The molecule has 0 bridgehead atoms. The van der Waals surface area contributed by atoms with Crippen molar-refractivity contribution >= 4 is 10.1 Å². The fourth-order valence-corrected chi connectivity index (χ4v) is 2.87. The Morgan fingerprint density at radius 1 is 1.29 bits per heavy atom. The lowest BCUT2D eigenvalue weighted by atomic mass is 10.00. The average Bonchev–Trinajstić information content (AvgIpc) is 2.44. The molecule has 0 saturated heterocycles. The van der Waals surface area contributed by atoms with Gasteiger partial charge in [0.1, 0.15) is 0 Å². The van der Waals surface area contributed by atoms with Crippen molar-refractivity contribution in [1.82, 2.24) is 0 Å². The SMILES string of the molecule is CC1CCC(CCCCS(=O)(=O)O)C1. The Labute approximate surface area is 86.6 Å². The lowest BCUT2D eigenvalue weighted by Gasteiger charge is -2.07. The van der Waals surface area contributed by atoms with Gasteiger partial charge in [0.25, 0.3) is 10.1 Å². The first-order valence-corrected chi connectivity index (χ1v) is 7.03. The summed E-state index contributed by atoms with van der Waals surface area (Å²) in [5.74, 6) is 1.57. The van der Waals surface area contributed by atoms with Crippen LogP contribution < -0.4 is 0 Å². The molecule has 0 aromatic heterocycles. The Morgan fingerprint density at radius 2 is 2.00 bits per heavy atom. The maximum Gasteiger partial charge on any atom is 0.264 e. The van der Waals surface area contributed by atoms with Gasteiger partial charge in [0, 0.05) is 0 Å². The number of rotatable bonds is 5. The van der Waals surface area contributed by atoms with Crippen LogP contribution in [0.25, 0.3) is 0 Å². The van der Waals surface area contributed by atoms with Gasteiger partial charge in [-0.15, -0.1) is 0 Å². The van der Waals surface area contributed by atoms with Crippen LogP contribution in [-0.4, -0.2) is 18.7 Å². The van der Waals surface area contributed by atoms with E-state index in [0.29, 0.717) is 6.42 Å². The summed E-state index contributed by atoms with van der Waals surface area (Å²) in [7, 11) is -3.73. The van der Waals surface area contributed by atoms with E-state index < -0.39 is 10.1 Å². The van der Waals surface area contributed by atoms with Crippen LogP contribution in [0, 0.1) is 11.8 Å². The highest BCUT2D eigenvalue weighted by atomic mass is 32.2. The van der Waals surface area contributed by atoms with E-state index in [-0.39, 0.29) is 5.75 Å². The molecule has 0 aromatic rings. The smallest absolute Gasteiger partial charge is 0.264 e. The van der Waals surface area contributed by atoms with E-state index in [1.54, 1.807) is 0 Å². The summed E-state index contributed by atoms with van der Waals surface area (Å²) >= 11 is 0. The molecule has 1 aliphatic rings. The summed E-state index contributed by atoms with van der Waals surface area (Å²) < 4.78 is 29.4. The van der Waals surface area contributed by atoms with E-state index in [2.05, 4.69) is 6.92 Å². The molecule has 0 amide bonds. The lowest BCUT2D eigenvalue weighted by molar-refractivity contribution is 0.452. The van der Waals surface area contributed by atoms with E-state index in [4.69, 9.17) is 4.55 Å². The van der Waals surface area contributed by atoms with Gasteiger partial charge in [-0.3, -0.25) is 4.55 Å². The quantitative estimate of drug-likeness (QED) is 0.572. The predicted molar refractivity (Wildman–Crippen MR) is 56.8 cm³/mol. The molecule has 1 rings (SSSR count). The van der Waals surface area contributed by atoms with Crippen molar-refractivity contribution in [2.24, 2.45) is 11.8 Å². The van der Waals surface area contributed by atoms with Crippen molar-refractivity contribution in [2.45, 2.75) is 45.4 Å². The molecule has 0 aromatic carbocycles. The standard InChI is InChI=1S/C10H20O3S/c1-9-5-6-10(8-9)4-2-3-7-14(11,12)13/h9-10H,2-8H2,1H3,(H,11,12,13). The fraction of sp³-hybridized carbons (Fsp3) is 1.00. The maximum absolute atomic E-state index is 10.4. The second-order valence-electron chi connectivity index (χ2n) is 4.57. The third-order valence-electron chi connectivity index (χ3n) is 3.07. The average molecular weight is 220 g/mol. The molecule has 0 radical (unpaired) electrons. The summed E-state index contributed by atoms with van der Waals surface area (Å²) in [6, 6.07) is 0. The molecule has 2 unspecified atom stereocenters. The first-order chi connectivity index (χ1) is 6.47. The van der Waals surface area contributed by atoms with Gasteiger partial charge in [-0.05, 0) is 24.7 Å². The topological polar surface area (TPSA) is 54.4 Å². The Kier molecular flexibility index (Phi) is 4.38. The zero-order valence-corrected chi connectivity index (χ0v) is 9.59. The van der Waals surface area contributed by atoms with Gasteiger partial charge in [-0.25, -0.2) is 0 Å². The first kappa shape index (κ1) is 12.0. The van der Waals surface area contributed by atoms with Crippen LogP contribution in [0.4, 0.5) is 0 Å². The van der Waals surface area contributed by atoms with Gasteiger partial charge in [0.2, 0.25) is 0 Å². The first-order valence-electron chi connectivity index (χ1n) is 5.42. The van der Waals surface area contributed by atoms with Crippen LogP contribution in [0.5, 0.6) is 0 Å². The van der Waals surface area contributed by atoms with Crippen LogP contribution >= 0.6 is 0 Å². The van der Waals surface area contributed by atoms with Crippen molar-refractivity contribution in [3.63, 3.8) is 0 Å². The van der Waals surface area contributed by atoms with Crippen LogP contribution in [0.15, 0.2) is 0 Å². The van der Waals surface area contributed by atoms with E-state index in [1.165, 1.54) is 19.3 Å². The van der Waals surface area contributed by atoms with Gasteiger partial charge < -0.3 is 0 Å². The van der Waals surface area contributed by atoms with Crippen molar-refractivity contribution < 1.29 is 13.0 Å². The Balaban J connectivity index is 2.05. The molecule has 1 saturated carbocycles. The van der Waals surface area contributed by atoms with Crippen molar-refractivity contribution in [2.75, 3.05) is 5.75 Å². The highest BCUT2D eigenvalue weighted by molar-refractivity contribution is 7.85. The largest absolute Gasteiger partial charge is 0.286 e. The molecule has 1 fully saturated rings. The molecule has 1 N–H and O–H groups in total. The van der Waals surface area contributed by atoms with E-state index >= 15 is 0 Å². The zero-order valence-electron chi connectivity index (χ0n) is 8.78. The Hall–Kier alpha value is -0.0900. The van der Waals surface area contributed by atoms with Gasteiger partial charge in [-0.1, -0.05) is 32.6 Å². The summed E-state index contributed by atoms with van der Waals surface area (Å²) in [5, 5.41) is 0. The third kappa shape index (κ3) is 4.96. The van der Waals surface area contributed by atoms with Crippen molar-refractivity contribution in [3.8, 4) is 0 Å². The van der Waals surface area contributed by atoms with E-state index in [0.717, 1.165) is 24.7 Å². The normalized spacial score (nSPS) is 28.1. The molecule has 2 atom stereocenters. The minimum absolute atomic E-state index is 0.0741. The molecule has 0 heterocycles. The minimum Gasteiger partial charge on any atom is -0.286 e. The van der Waals surface area contributed by atoms with Crippen LogP contribution in [-0.2, 0) is 10.1 Å². The second kappa shape index (κ2) is 5.12. The second-order valence-corrected chi connectivity index (χ2v) is 6.14. The summed E-state index contributed by atoms with van der Waals surface area (Å²) in [6.07, 6.45) is 6.57. The number of unbranched alkanes of at least 4 members (excludes halogenated alkanes) is 1. The number of hydrogen-bond acceptors (Lipinski definition) is 2. The van der Waals surface area contributed by atoms with Crippen LogP contribution in [0.3, 0.4) is 0 Å². The molecule has 0 spiro atoms. The molecular weight excluding hydrogens is 200 g/mol. The van der Waals surface area contributed by atoms with E-state index in [9.17, 15) is 8.42 Å². The van der Waals surface area contributed by atoms with Crippen molar-refractivity contribution in [1.29, 1.82) is 0 Å². The highest BCUT2D eigenvalue weighted by Crippen LogP contribution is 2.33. The van der Waals surface area contributed by atoms with Crippen molar-refractivity contribution in [3.05, 3.63) is 0 Å². The van der Waals surface area contributed by atoms with Crippen LogP contribution in [0.2, 0.25) is 0 Å². The molecule has 1 aliphatic carbocycles. The molecule has 3 nitrogen and oxygen atoms in total. The van der Waals surface area contributed by atoms with Gasteiger partial charge >= 0.3 is 0 Å². The maximum atomic E-state index is 10.4. The molecule has 14 heavy (non-hydrogen) atoms. The van der Waals surface area contributed by atoms with E-state index in [1.807, 2.05) is 0 Å². The molecule has 4 heteroatoms. The monoisotopic (exact) mass is 220 g/mol. The minimum atomic E-state index is -3.73. The summed E-state index contributed by atoms with van der Waals surface area (Å²) in [4.78, 5) is 0. The molecule has 84 valence electrons. The predicted octanol–water partition coefficient (Wildman–Crippen LogP) is 2.48. The Morgan fingerprint density at radius 3 is 2.50 bits per heavy atom. The highest BCUT2D eigenvalue weighted by Gasteiger charge is 2.20. The summed E-state index contributed by atoms with van der Waals surface area (Å²) in [6.45, 7) is 2.28. The number of hydrogen-bond donors (Lipinski definition) is 1. The zero-order chi connectivity index (χ0) is 10.6. The third-order valence-corrected chi connectivity index (χ3v) is 3.87. The van der Waals surface area contributed by atoms with Gasteiger partial charge in [0.15, 0.2) is 0 Å². The van der Waals surface area contributed by atoms with Crippen LogP contribution in [0.1, 0.15) is 45.4 Å². The Bertz CT molecular complexity index is 259. The van der Waals surface area contributed by atoms with Gasteiger partial charge in [-0.2, -0.15) is 8.42 Å². The molecular formula is C10H20O3S.